The van der Waals surface area contributed by atoms with Gasteiger partial charge >= 0.3 is 0 Å². The Morgan fingerprint density at radius 2 is 2.38 bits per heavy atom. The normalized spacial score (nSPS) is 21.2. The number of fused-ring (bicyclic) bond motifs is 1. The van der Waals surface area contributed by atoms with Gasteiger partial charge in [-0.1, -0.05) is 18.2 Å². The van der Waals surface area contributed by atoms with Gasteiger partial charge in [-0.05, 0) is 36.6 Å². The minimum atomic E-state index is 0.139. The highest BCUT2D eigenvalue weighted by Gasteiger charge is 2.15. The first-order valence-electron chi connectivity index (χ1n) is 4.77. The molecule has 0 radical (unpaired) electrons. The SMILES string of the molecule is CC1NCCc2ccc(CO)cc21. The topological polar surface area (TPSA) is 32.3 Å². The van der Waals surface area contributed by atoms with E-state index in [0.717, 1.165) is 18.5 Å². The number of benzene rings is 1. The van der Waals surface area contributed by atoms with Crippen molar-refractivity contribution in [2.45, 2.75) is 26.0 Å². The van der Waals surface area contributed by atoms with Crippen molar-refractivity contribution in [3.05, 3.63) is 34.9 Å². The van der Waals surface area contributed by atoms with Crippen molar-refractivity contribution in [2.24, 2.45) is 0 Å². The molecule has 0 aliphatic carbocycles. The van der Waals surface area contributed by atoms with Crippen LogP contribution in [-0.4, -0.2) is 11.7 Å². The Bertz CT molecular complexity index is 309. The summed E-state index contributed by atoms with van der Waals surface area (Å²) in [5, 5.41) is 12.4. The molecule has 2 nitrogen and oxygen atoms in total. The van der Waals surface area contributed by atoms with Gasteiger partial charge in [0.05, 0.1) is 6.61 Å². The van der Waals surface area contributed by atoms with E-state index in [1.165, 1.54) is 11.1 Å². The second-order valence-electron chi connectivity index (χ2n) is 3.62. The number of aliphatic hydroxyl groups excluding tert-OH is 1. The van der Waals surface area contributed by atoms with Crippen LogP contribution in [0.1, 0.15) is 29.7 Å². The first-order valence-corrected chi connectivity index (χ1v) is 4.77. The molecule has 2 N–H and O–H groups in total. The third-order valence-corrected chi connectivity index (χ3v) is 2.70. The lowest BCUT2D eigenvalue weighted by atomic mass is 9.93. The summed E-state index contributed by atoms with van der Waals surface area (Å²) < 4.78 is 0. The van der Waals surface area contributed by atoms with Crippen LogP contribution in [0.4, 0.5) is 0 Å². The van der Waals surface area contributed by atoms with Gasteiger partial charge < -0.3 is 10.4 Å². The van der Waals surface area contributed by atoms with Crippen molar-refractivity contribution in [1.29, 1.82) is 0 Å². The van der Waals surface area contributed by atoms with Gasteiger partial charge in [-0.2, -0.15) is 0 Å². The Hall–Kier alpha value is -0.860. The van der Waals surface area contributed by atoms with E-state index in [1.807, 2.05) is 6.07 Å². The number of aliphatic hydroxyl groups is 1. The molecule has 2 heteroatoms. The summed E-state index contributed by atoms with van der Waals surface area (Å²) in [4.78, 5) is 0. The third-order valence-electron chi connectivity index (χ3n) is 2.70. The highest BCUT2D eigenvalue weighted by atomic mass is 16.3. The van der Waals surface area contributed by atoms with Gasteiger partial charge in [0, 0.05) is 6.04 Å². The summed E-state index contributed by atoms with van der Waals surface area (Å²) in [7, 11) is 0. The molecule has 0 amide bonds. The van der Waals surface area contributed by atoms with Gasteiger partial charge in [0.2, 0.25) is 0 Å². The van der Waals surface area contributed by atoms with Gasteiger partial charge in [0.25, 0.3) is 0 Å². The van der Waals surface area contributed by atoms with Crippen LogP contribution in [0, 0.1) is 0 Å². The lowest BCUT2D eigenvalue weighted by Crippen LogP contribution is -2.27. The molecule has 0 bridgehead atoms. The molecule has 1 atom stereocenters. The van der Waals surface area contributed by atoms with Crippen LogP contribution in [-0.2, 0) is 13.0 Å². The maximum Gasteiger partial charge on any atom is 0.0681 e. The van der Waals surface area contributed by atoms with Crippen molar-refractivity contribution < 1.29 is 5.11 Å². The standard InChI is InChI=1S/C11H15NO/c1-8-11-6-9(7-13)2-3-10(11)4-5-12-8/h2-3,6,8,12-13H,4-5,7H2,1H3. The molecule has 1 aliphatic heterocycles. The smallest absolute Gasteiger partial charge is 0.0681 e. The van der Waals surface area contributed by atoms with Crippen molar-refractivity contribution in [3.8, 4) is 0 Å². The summed E-state index contributed by atoms with van der Waals surface area (Å²) in [6, 6.07) is 6.68. The molecule has 0 saturated carbocycles. The van der Waals surface area contributed by atoms with Gasteiger partial charge in [-0.3, -0.25) is 0 Å². The maximum atomic E-state index is 9.01. The van der Waals surface area contributed by atoms with Crippen molar-refractivity contribution in [2.75, 3.05) is 6.54 Å². The van der Waals surface area contributed by atoms with Crippen LogP contribution in [0.5, 0.6) is 0 Å². The summed E-state index contributed by atoms with van der Waals surface area (Å²) in [6.45, 7) is 3.37. The number of hydrogen-bond donors (Lipinski definition) is 2. The van der Waals surface area contributed by atoms with E-state index in [4.69, 9.17) is 5.11 Å². The van der Waals surface area contributed by atoms with Crippen LogP contribution >= 0.6 is 0 Å². The zero-order chi connectivity index (χ0) is 9.26. The first-order chi connectivity index (χ1) is 6.31. The number of rotatable bonds is 1. The Kier molecular flexibility index (Phi) is 2.34. The second-order valence-corrected chi connectivity index (χ2v) is 3.62. The van der Waals surface area contributed by atoms with Gasteiger partial charge in [-0.15, -0.1) is 0 Å². The fourth-order valence-electron chi connectivity index (χ4n) is 1.91. The molecule has 1 heterocycles. The Morgan fingerprint density at radius 1 is 1.54 bits per heavy atom. The Morgan fingerprint density at radius 3 is 3.15 bits per heavy atom. The molecule has 0 saturated heterocycles. The fraction of sp³-hybridized carbons (Fsp3) is 0.455. The monoisotopic (exact) mass is 177 g/mol. The zero-order valence-corrected chi connectivity index (χ0v) is 7.88. The summed E-state index contributed by atoms with van der Waals surface area (Å²) >= 11 is 0. The highest BCUT2D eigenvalue weighted by molar-refractivity contribution is 5.35. The number of nitrogens with one attached hydrogen (secondary N) is 1. The van der Waals surface area contributed by atoms with Crippen LogP contribution in [0.3, 0.4) is 0 Å². The lowest BCUT2D eigenvalue weighted by Gasteiger charge is -2.24. The van der Waals surface area contributed by atoms with Crippen LogP contribution in [0.2, 0.25) is 0 Å². The number of hydrogen-bond acceptors (Lipinski definition) is 2. The fourth-order valence-corrected chi connectivity index (χ4v) is 1.91. The predicted octanol–water partition coefficient (Wildman–Crippen LogP) is 1.39. The molecule has 0 fully saturated rings. The lowest BCUT2D eigenvalue weighted by molar-refractivity contribution is 0.281. The highest BCUT2D eigenvalue weighted by Crippen LogP contribution is 2.23. The minimum absolute atomic E-state index is 0.139. The Labute approximate surface area is 78.6 Å². The van der Waals surface area contributed by atoms with E-state index in [-0.39, 0.29) is 6.61 Å². The first kappa shape index (κ1) is 8.73. The summed E-state index contributed by atoms with van der Waals surface area (Å²) in [5.74, 6) is 0. The summed E-state index contributed by atoms with van der Waals surface area (Å²) in [5.41, 5.74) is 3.77. The van der Waals surface area contributed by atoms with Gasteiger partial charge in [-0.25, -0.2) is 0 Å². The third kappa shape index (κ3) is 1.60. The summed E-state index contributed by atoms with van der Waals surface area (Å²) in [6.07, 6.45) is 1.10. The average Bonchev–Trinajstić information content (AvgIpc) is 2.18. The maximum absolute atomic E-state index is 9.01. The average molecular weight is 177 g/mol. The van der Waals surface area contributed by atoms with Crippen LogP contribution in [0.25, 0.3) is 0 Å². The van der Waals surface area contributed by atoms with Crippen LogP contribution < -0.4 is 5.32 Å². The van der Waals surface area contributed by atoms with E-state index < -0.39 is 0 Å². The van der Waals surface area contributed by atoms with Crippen molar-refractivity contribution in [3.63, 3.8) is 0 Å². The Balaban J connectivity index is 2.41. The second kappa shape index (κ2) is 3.48. The molecular formula is C11H15NO. The van der Waals surface area contributed by atoms with E-state index in [9.17, 15) is 0 Å². The quantitative estimate of drug-likeness (QED) is 0.679. The molecule has 0 spiro atoms. The van der Waals surface area contributed by atoms with E-state index >= 15 is 0 Å². The van der Waals surface area contributed by atoms with Crippen molar-refractivity contribution in [1.82, 2.24) is 5.32 Å². The van der Waals surface area contributed by atoms with Gasteiger partial charge in [0.15, 0.2) is 0 Å². The molecule has 1 aliphatic rings. The largest absolute Gasteiger partial charge is 0.392 e. The molecule has 0 aromatic heterocycles. The molecule has 2 rings (SSSR count). The molecule has 70 valence electrons. The van der Waals surface area contributed by atoms with Crippen LogP contribution in [0.15, 0.2) is 18.2 Å². The zero-order valence-electron chi connectivity index (χ0n) is 7.88. The van der Waals surface area contributed by atoms with Crippen molar-refractivity contribution >= 4 is 0 Å². The molecule has 1 unspecified atom stereocenters. The van der Waals surface area contributed by atoms with E-state index in [1.54, 1.807) is 0 Å². The minimum Gasteiger partial charge on any atom is -0.392 e. The van der Waals surface area contributed by atoms with E-state index in [0.29, 0.717) is 6.04 Å². The predicted molar refractivity (Wildman–Crippen MR) is 52.5 cm³/mol. The molecule has 13 heavy (non-hydrogen) atoms. The van der Waals surface area contributed by atoms with Gasteiger partial charge in [0.1, 0.15) is 0 Å². The molecule has 1 aromatic rings. The molecule has 1 aromatic carbocycles. The van der Waals surface area contributed by atoms with E-state index in [2.05, 4.69) is 24.4 Å². The molecular weight excluding hydrogens is 162 g/mol.